The number of rotatable bonds is 6. The Hall–Kier alpha value is -0.116. The second-order valence-corrected chi connectivity index (χ2v) is 6.39. The molecule has 129 valence electrons. The van der Waals surface area contributed by atoms with Gasteiger partial charge in [0.25, 0.3) is 0 Å². The van der Waals surface area contributed by atoms with Crippen molar-refractivity contribution in [2.45, 2.75) is 17.3 Å². The summed E-state index contributed by atoms with van der Waals surface area (Å²) in [5.74, 6) is -1.64. The van der Waals surface area contributed by atoms with E-state index in [1.54, 1.807) is 6.92 Å². The number of benzene rings is 1. The van der Waals surface area contributed by atoms with Crippen LogP contribution in [0, 0.1) is 17.7 Å². The largest absolute Gasteiger partial charge is 0.491 e. The summed E-state index contributed by atoms with van der Waals surface area (Å²) in [7, 11) is 1.51. The van der Waals surface area contributed by atoms with Gasteiger partial charge in [-0.05, 0) is 19.1 Å². The number of methoxy groups -OCH3 is 1. The molecule has 1 radical (unpaired) electrons. The van der Waals surface area contributed by atoms with Crippen molar-refractivity contribution < 1.29 is 55.8 Å². The van der Waals surface area contributed by atoms with Crippen molar-refractivity contribution in [3.05, 3.63) is 35.4 Å². The standard InChI is InChI=1S/C16H17F2INO3.Y/c1-3-20-14(5-4-13(19)16(20)21)15-11(17)8-10(9-12(15)18)23-7-6-22-2;/h8-9,13H,3-4,6-7H2,1-2H3;/q-1;. The summed E-state index contributed by atoms with van der Waals surface area (Å²) in [5, 5.41) is 0. The van der Waals surface area contributed by atoms with E-state index in [-0.39, 0.29) is 66.2 Å². The van der Waals surface area contributed by atoms with E-state index in [4.69, 9.17) is 9.47 Å². The maximum absolute atomic E-state index is 14.4. The van der Waals surface area contributed by atoms with Crippen molar-refractivity contribution in [3.8, 4) is 5.75 Å². The summed E-state index contributed by atoms with van der Waals surface area (Å²) in [6, 6.07) is 2.22. The molecule has 0 bridgehead atoms. The van der Waals surface area contributed by atoms with Crippen LogP contribution in [0.1, 0.15) is 18.9 Å². The van der Waals surface area contributed by atoms with Gasteiger partial charge in [0.15, 0.2) is 0 Å². The third-order valence-corrected chi connectivity index (χ3v) is 4.35. The van der Waals surface area contributed by atoms with Gasteiger partial charge in [-0.15, -0.1) is 5.70 Å². The number of nitrogens with zero attached hydrogens (tertiary/aromatic N) is 1. The molecule has 1 amide bonds. The maximum Gasteiger partial charge on any atom is 0.235 e. The Morgan fingerprint density at radius 1 is 1.33 bits per heavy atom. The zero-order valence-electron chi connectivity index (χ0n) is 13.4. The van der Waals surface area contributed by atoms with Gasteiger partial charge in [0, 0.05) is 46.4 Å². The molecule has 1 aromatic carbocycles. The third-order valence-electron chi connectivity index (χ3n) is 3.38. The number of halogens is 3. The zero-order chi connectivity index (χ0) is 17.0. The quantitative estimate of drug-likeness (QED) is 0.248. The molecule has 0 aliphatic carbocycles. The van der Waals surface area contributed by atoms with E-state index in [1.165, 1.54) is 12.0 Å². The van der Waals surface area contributed by atoms with Gasteiger partial charge in [-0.1, -0.05) is 34.6 Å². The molecular formula is C16H17F2INO3Y-. The molecule has 1 atom stereocenters. The summed E-state index contributed by atoms with van der Waals surface area (Å²) in [6.45, 7) is 2.59. The van der Waals surface area contributed by atoms with E-state index in [0.29, 0.717) is 19.6 Å². The van der Waals surface area contributed by atoms with E-state index in [2.05, 4.69) is 6.08 Å². The molecule has 0 N–H and O–H groups in total. The first-order chi connectivity index (χ1) is 11.0. The molecule has 1 aliphatic rings. The second-order valence-electron chi connectivity index (χ2n) is 4.88. The van der Waals surface area contributed by atoms with Gasteiger partial charge in [0.2, 0.25) is 5.91 Å². The van der Waals surface area contributed by atoms with Crippen molar-refractivity contribution in [1.82, 2.24) is 4.90 Å². The third kappa shape index (κ3) is 4.96. The average molecular weight is 525 g/mol. The number of allylic oxidation sites excluding steroid dienone is 1. The van der Waals surface area contributed by atoms with Crippen LogP contribution in [-0.2, 0) is 42.2 Å². The normalized spacial score (nSPS) is 17.4. The van der Waals surface area contributed by atoms with Crippen LogP contribution in [0.25, 0.3) is 5.70 Å². The minimum atomic E-state index is -0.780. The van der Waals surface area contributed by atoms with Gasteiger partial charge in [-0.25, -0.2) is 14.9 Å². The molecule has 1 unspecified atom stereocenters. The van der Waals surface area contributed by atoms with E-state index >= 15 is 0 Å². The first kappa shape index (κ1) is 21.9. The summed E-state index contributed by atoms with van der Waals surface area (Å²) in [5.41, 5.74) is -0.0913. The topological polar surface area (TPSA) is 38.8 Å². The molecule has 1 aliphatic heterocycles. The number of ether oxygens (including phenoxy) is 2. The van der Waals surface area contributed by atoms with Crippen molar-refractivity contribution in [1.29, 1.82) is 0 Å². The van der Waals surface area contributed by atoms with Crippen molar-refractivity contribution in [2.24, 2.45) is 0 Å². The molecular weight excluding hydrogens is 508 g/mol. The predicted molar refractivity (Wildman–Crippen MR) is 90.2 cm³/mol. The first-order valence-corrected chi connectivity index (χ1v) is 8.41. The van der Waals surface area contributed by atoms with Gasteiger partial charge in [0.05, 0.1) is 22.2 Å². The monoisotopic (exact) mass is 525 g/mol. The average Bonchev–Trinajstić information content (AvgIpc) is 2.50. The number of carbonyl (C=O) groups excluding carboxylic acids is 1. The Kier molecular flexibility index (Phi) is 9.26. The van der Waals surface area contributed by atoms with Crippen LogP contribution in [0.4, 0.5) is 8.78 Å². The number of hydrogen-bond acceptors (Lipinski definition) is 3. The van der Waals surface area contributed by atoms with E-state index < -0.39 is 11.6 Å². The van der Waals surface area contributed by atoms with Crippen molar-refractivity contribution in [3.63, 3.8) is 0 Å². The Morgan fingerprint density at radius 3 is 2.50 bits per heavy atom. The van der Waals surface area contributed by atoms with Crippen molar-refractivity contribution >= 4 is 34.2 Å². The van der Waals surface area contributed by atoms with Crippen molar-refractivity contribution in [2.75, 3.05) is 26.9 Å². The number of carbonyl (C=O) groups is 1. The molecule has 24 heavy (non-hydrogen) atoms. The Bertz CT molecular complexity index is 604. The smallest absolute Gasteiger partial charge is 0.235 e. The SMILES string of the molecule is CCN1C(=O)C(I)C[C-]=C1c1c(F)cc(OCCOC)cc1F.[Y]. The van der Waals surface area contributed by atoms with Crippen LogP contribution >= 0.6 is 22.6 Å². The fourth-order valence-corrected chi connectivity index (χ4v) is 2.84. The molecule has 0 aromatic heterocycles. The minimum Gasteiger partial charge on any atom is -0.491 e. The molecule has 1 heterocycles. The second kappa shape index (κ2) is 10.1. The fraction of sp³-hybridized carbons (Fsp3) is 0.438. The predicted octanol–water partition coefficient (Wildman–Crippen LogP) is 3.19. The Balaban J connectivity index is 0.00000288. The number of alkyl halides is 1. The summed E-state index contributed by atoms with van der Waals surface area (Å²) < 4.78 is 38.6. The molecule has 1 aromatic rings. The van der Waals surface area contributed by atoms with Crippen LogP contribution in [-0.4, -0.2) is 41.6 Å². The minimum absolute atomic E-state index is 0. The van der Waals surface area contributed by atoms with Crippen LogP contribution in [0.2, 0.25) is 0 Å². The molecule has 0 fully saturated rings. The molecule has 4 nitrogen and oxygen atoms in total. The van der Waals surface area contributed by atoms with E-state index in [9.17, 15) is 13.6 Å². The van der Waals surface area contributed by atoms with Gasteiger partial charge < -0.3 is 14.4 Å². The van der Waals surface area contributed by atoms with Gasteiger partial charge in [0.1, 0.15) is 12.4 Å². The Labute approximate surface area is 179 Å². The summed E-state index contributed by atoms with van der Waals surface area (Å²) in [4.78, 5) is 13.5. The van der Waals surface area contributed by atoms with Crippen LogP contribution in [0.15, 0.2) is 12.1 Å². The van der Waals surface area contributed by atoms with Gasteiger partial charge in [-0.2, -0.15) is 0 Å². The Morgan fingerprint density at radius 2 is 1.96 bits per heavy atom. The number of amides is 1. The summed E-state index contributed by atoms with van der Waals surface area (Å²) >= 11 is 2.01. The summed E-state index contributed by atoms with van der Waals surface area (Å²) in [6.07, 6.45) is 3.27. The van der Waals surface area contributed by atoms with E-state index in [0.717, 1.165) is 12.1 Å². The zero-order valence-corrected chi connectivity index (χ0v) is 18.4. The molecule has 8 heteroatoms. The first-order valence-electron chi connectivity index (χ1n) is 7.17. The molecule has 2 rings (SSSR count). The maximum atomic E-state index is 14.4. The van der Waals surface area contributed by atoms with Crippen LogP contribution in [0.3, 0.4) is 0 Å². The van der Waals surface area contributed by atoms with Crippen LogP contribution in [0.5, 0.6) is 5.75 Å². The van der Waals surface area contributed by atoms with E-state index in [1.807, 2.05) is 22.6 Å². The molecule has 0 spiro atoms. The number of hydrogen-bond donors (Lipinski definition) is 0. The van der Waals surface area contributed by atoms with Gasteiger partial charge in [-0.3, -0.25) is 4.79 Å². The van der Waals surface area contributed by atoms with Crippen LogP contribution < -0.4 is 4.74 Å². The molecule has 0 saturated carbocycles. The molecule has 0 saturated heterocycles. The van der Waals surface area contributed by atoms with Gasteiger partial charge >= 0.3 is 0 Å². The fourth-order valence-electron chi connectivity index (χ4n) is 2.29.